The summed E-state index contributed by atoms with van der Waals surface area (Å²) in [6.07, 6.45) is -1.04. The molecule has 0 aromatic carbocycles. The van der Waals surface area contributed by atoms with Crippen molar-refractivity contribution in [3.63, 3.8) is 0 Å². The lowest BCUT2D eigenvalue weighted by Crippen LogP contribution is -2.46. The molecule has 1 heterocycles. The van der Waals surface area contributed by atoms with Crippen molar-refractivity contribution in [2.24, 2.45) is 22.2 Å². The Hall–Kier alpha value is -2.88. The van der Waals surface area contributed by atoms with Crippen LogP contribution in [0, 0.1) is 39.9 Å². The molecule has 1 aromatic heterocycles. The van der Waals surface area contributed by atoms with Crippen molar-refractivity contribution in [3.8, 4) is 12.1 Å². The normalized spacial score (nSPS) is 26.9. The van der Waals surface area contributed by atoms with Crippen LogP contribution in [0.4, 0.5) is 19.1 Å². The molecule has 10 heteroatoms. The SMILES string of the molecule is CC(C)[n+]1noc(/N=C(\[O-])C(F)(F)F)c1C1C2C=CC(C2)C1(C#N)C#N. The van der Waals surface area contributed by atoms with Crippen LogP contribution < -0.4 is 9.79 Å². The van der Waals surface area contributed by atoms with Crippen LogP contribution in [-0.2, 0) is 0 Å². The molecule has 3 rings (SSSR count). The lowest BCUT2D eigenvalue weighted by Gasteiger charge is -2.26. The van der Waals surface area contributed by atoms with Crippen LogP contribution in [0.15, 0.2) is 21.7 Å². The van der Waals surface area contributed by atoms with Crippen LogP contribution >= 0.6 is 0 Å². The monoisotopic (exact) mass is 365 g/mol. The van der Waals surface area contributed by atoms with E-state index < -0.39 is 29.3 Å². The quantitative estimate of drug-likeness (QED) is 0.351. The number of hydrogen-bond acceptors (Lipinski definition) is 6. The van der Waals surface area contributed by atoms with Crippen LogP contribution in [-0.4, -0.2) is 17.3 Å². The minimum absolute atomic E-state index is 0.0672. The third-order valence-electron chi connectivity index (χ3n) is 4.90. The molecule has 1 aromatic rings. The average Bonchev–Trinajstić information content (AvgIpc) is 3.26. The van der Waals surface area contributed by atoms with Crippen LogP contribution in [0.25, 0.3) is 0 Å². The molecule has 1 saturated carbocycles. The summed E-state index contributed by atoms with van der Waals surface area (Å²) in [5.74, 6) is -4.33. The number of rotatable bonds is 3. The first-order valence-corrected chi connectivity index (χ1v) is 7.90. The van der Waals surface area contributed by atoms with Crippen molar-refractivity contribution in [1.29, 1.82) is 10.5 Å². The summed E-state index contributed by atoms with van der Waals surface area (Å²) in [6, 6.07) is 3.72. The first kappa shape index (κ1) is 17.9. The number of aromatic nitrogens is 2. The van der Waals surface area contributed by atoms with Gasteiger partial charge in [-0.25, -0.2) is 4.99 Å². The molecule has 0 spiro atoms. The van der Waals surface area contributed by atoms with Gasteiger partial charge in [0, 0.05) is 19.8 Å². The molecule has 2 aliphatic carbocycles. The molecule has 136 valence electrons. The predicted octanol–water partition coefficient (Wildman–Crippen LogP) is 1.82. The number of halogens is 3. The Morgan fingerprint density at radius 1 is 1.42 bits per heavy atom. The van der Waals surface area contributed by atoms with Gasteiger partial charge < -0.3 is 5.11 Å². The van der Waals surface area contributed by atoms with Crippen molar-refractivity contribution in [1.82, 2.24) is 5.27 Å². The molecule has 2 aliphatic rings. The van der Waals surface area contributed by atoms with E-state index in [1.165, 1.54) is 4.68 Å². The van der Waals surface area contributed by atoms with Crippen molar-refractivity contribution >= 4 is 11.8 Å². The lowest BCUT2D eigenvalue weighted by molar-refractivity contribution is -0.786. The average molecular weight is 365 g/mol. The second kappa shape index (κ2) is 5.84. The van der Waals surface area contributed by atoms with Crippen LogP contribution in [0.3, 0.4) is 0 Å². The van der Waals surface area contributed by atoms with E-state index in [1.54, 1.807) is 19.9 Å². The summed E-state index contributed by atoms with van der Waals surface area (Å²) in [5, 5.41) is 34.4. The molecule has 7 nitrogen and oxygen atoms in total. The van der Waals surface area contributed by atoms with E-state index in [0.29, 0.717) is 6.42 Å². The number of alkyl halides is 3. The maximum absolute atomic E-state index is 12.6. The highest BCUT2D eigenvalue weighted by Gasteiger charge is 2.63. The van der Waals surface area contributed by atoms with E-state index in [9.17, 15) is 28.8 Å². The minimum Gasteiger partial charge on any atom is -0.855 e. The first-order valence-electron chi connectivity index (χ1n) is 7.90. The van der Waals surface area contributed by atoms with E-state index in [4.69, 9.17) is 4.52 Å². The van der Waals surface area contributed by atoms with Gasteiger partial charge in [0.15, 0.2) is 11.5 Å². The van der Waals surface area contributed by atoms with Crippen molar-refractivity contribution in [2.45, 2.75) is 38.4 Å². The van der Waals surface area contributed by atoms with Crippen LogP contribution in [0.5, 0.6) is 0 Å². The zero-order valence-corrected chi connectivity index (χ0v) is 13.9. The maximum Gasteiger partial charge on any atom is 0.419 e. The zero-order valence-electron chi connectivity index (χ0n) is 13.9. The highest BCUT2D eigenvalue weighted by Crippen LogP contribution is 2.60. The van der Waals surface area contributed by atoms with E-state index in [-0.39, 0.29) is 23.6 Å². The molecule has 0 saturated heterocycles. The number of nitriles is 2. The molecule has 3 unspecified atom stereocenters. The van der Waals surface area contributed by atoms with Gasteiger partial charge in [-0.2, -0.15) is 23.7 Å². The number of hydrogen-bond donors (Lipinski definition) is 0. The Kier molecular flexibility index (Phi) is 4.02. The van der Waals surface area contributed by atoms with Gasteiger partial charge in [0.1, 0.15) is 0 Å². The fourth-order valence-corrected chi connectivity index (χ4v) is 3.78. The van der Waals surface area contributed by atoms with Crippen molar-refractivity contribution < 1.29 is 27.5 Å². The Morgan fingerprint density at radius 2 is 2.08 bits per heavy atom. The maximum atomic E-state index is 12.6. The molecular formula is C16H14F3N5O2. The van der Waals surface area contributed by atoms with E-state index in [1.807, 2.05) is 18.2 Å². The molecule has 1 fully saturated rings. The Bertz CT molecular complexity index is 858. The van der Waals surface area contributed by atoms with Gasteiger partial charge in [-0.15, -0.1) is 0 Å². The summed E-state index contributed by atoms with van der Waals surface area (Å²) >= 11 is 0. The van der Waals surface area contributed by atoms with Crippen molar-refractivity contribution in [2.75, 3.05) is 0 Å². The summed E-state index contributed by atoms with van der Waals surface area (Å²) in [6.45, 7) is 3.43. The largest absolute Gasteiger partial charge is 0.855 e. The molecule has 3 atom stereocenters. The molecule has 0 N–H and O–H groups in total. The molecular weight excluding hydrogens is 351 g/mol. The van der Waals surface area contributed by atoms with Gasteiger partial charge in [0.25, 0.3) is 5.69 Å². The molecule has 0 amide bonds. The van der Waals surface area contributed by atoms with Crippen LogP contribution in [0.2, 0.25) is 0 Å². The minimum atomic E-state index is -5.16. The van der Waals surface area contributed by atoms with Crippen LogP contribution in [0.1, 0.15) is 37.9 Å². The Labute approximate surface area is 146 Å². The topological polar surface area (TPSA) is 113 Å². The zero-order chi connectivity index (χ0) is 19.3. The summed E-state index contributed by atoms with van der Waals surface area (Å²) < 4.78 is 44.0. The second-order valence-corrected chi connectivity index (χ2v) is 6.68. The number of fused-ring (bicyclic) bond motifs is 2. The summed E-state index contributed by atoms with van der Waals surface area (Å²) in [7, 11) is 0. The molecule has 26 heavy (non-hydrogen) atoms. The number of allylic oxidation sites excluding steroid dienone is 2. The standard InChI is InChI=1S/C16H14F3N5O2/c1-8(2)24-12(13(26-23-24)22-14(25)16(17,18)19)11-9-3-4-10(5-9)15(11,6-20)7-21/h3-4,8-11H,5H2,1-2H3. The number of nitrogens with zero attached hydrogens (tertiary/aromatic N) is 5. The van der Waals surface area contributed by atoms with Gasteiger partial charge in [0.05, 0.1) is 24.0 Å². The van der Waals surface area contributed by atoms with E-state index in [2.05, 4.69) is 10.3 Å². The summed E-state index contributed by atoms with van der Waals surface area (Å²) in [4.78, 5) is 3.04. The third kappa shape index (κ3) is 2.45. The van der Waals surface area contributed by atoms with E-state index >= 15 is 0 Å². The van der Waals surface area contributed by atoms with Gasteiger partial charge in [-0.3, -0.25) is 4.52 Å². The third-order valence-corrected chi connectivity index (χ3v) is 4.90. The van der Waals surface area contributed by atoms with Gasteiger partial charge >= 0.3 is 12.1 Å². The van der Waals surface area contributed by atoms with Gasteiger partial charge in [-0.05, 0) is 17.0 Å². The molecule has 0 aliphatic heterocycles. The number of aliphatic imine (C=N–C) groups is 1. The fourth-order valence-electron chi connectivity index (χ4n) is 3.78. The van der Waals surface area contributed by atoms with Crippen molar-refractivity contribution in [3.05, 3.63) is 17.8 Å². The predicted molar refractivity (Wildman–Crippen MR) is 77.4 cm³/mol. The molecule has 2 bridgehead atoms. The lowest BCUT2D eigenvalue weighted by atomic mass is 9.69. The fraction of sp³-hybridized carbons (Fsp3) is 0.562. The first-order chi connectivity index (χ1) is 12.2. The Morgan fingerprint density at radius 3 is 2.62 bits per heavy atom. The van der Waals surface area contributed by atoms with Gasteiger partial charge in [0.2, 0.25) is 5.27 Å². The second-order valence-electron chi connectivity index (χ2n) is 6.68. The highest BCUT2D eigenvalue weighted by atomic mass is 19.4. The Balaban J connectivity index is 2.22. The summed E-state index contributed by atoms with van der Waals surface area (Å²) in [5.41, 5.74) is -1.41. The van der Waals surface area contributed by atoms with E-state index in [0.717, 1.165) is 0 Å². The molecule has 0 radical (unpaired) electrons. The highest BCUT2D eigenvalue weighted by molar-refractivity contribution is 5.79. The van der Waals surface area contributed by atoms with Gasteiger partial charge in [-0.1, -0.05) is 12.2 Å². The smallest absolute Gasteiger partial charge is 0.419 e.